The molecule has 2 aliphatic heterocycles. The van der Waals surface area contributed by atoms with Crippen LogP contribution >= 0.6 is 23.4 Å². The fourth-order valence-electron chi connectivity index (χ4n) is 3.45. The van der Waals surface area contributed by atoms with E-state index in [9.17, 15) is 4.79 Å². The monoisotopic (exact) mass is 397 g/mol. The van der Waals surface area contributed by atoms with E-state index in [0.717, 1.165) is 38.5 Å². The Morgan fingerprint density at radius 1 is 1.08 bits per heavy atom. The maximum Gasteiger partial charge on any atom is 0.230 e. The summed E-state index contributed by atoms with van der Waals surface area (Å²) < 4.78 is 0. The van der Waals surface area contributed by atoms with Gasteiger partial charge in [-0.3, -0.25) is 4.79 Å². The lowest BCUT2D eigenvalue weighted by Gasteiger charge is -2.27. The van der Waals surface area contributed by atoms with Crippen molar-refractivity contribution in [2.24, 2.45) is 0 Å². The van der Waals surface area contributed by atoms with Gasteiger partial charge in [0.25, 0.3) is 0 Å². The molecule has 0 aliphatic carbocycles. The summed E-state index contributed by atoms with van der Waals surface area (Å²) in [5, 5.41) is 4.00. The van der Waals surface area contributed by atoms with Gasteiger partial charge in [0.05, 0.1) is 5.75 Å². The summed E-state index contributed by atoms with van der Waals surface area (Å²) in [5.41, 5.74) is 0. The number of hydrogen-bond donors (Lipinski definition) is 1. The van der Waals surface area contributed by atoms with Gasteiger partial charge >= 0.3 is 0 Å². The van der Waals surface area contributed by atoms with Gasteiger partial charge in [0, 0.05) is 32.2 Å². The number of thioether (sulfide) groups is 1. The van der Waals surface area contributed by atoms with Gasteiger partial charge in [0.2, 0.25) is 5.91 Å². The summed E-state index contributed by atoms with van der Waals surface area (Å²) in [5.74, 6) is 1.22. The third-order valence-corrected chi connectivity index (χ3v) is 5.91. The number of likely N-dealkylation sites (tertiary alicyclic amines) is 1. The predicted octanol–water partition coefficient (Wildman–Crippen LogP) is 2.81. The first-order valence-corrected chi connectivity index (χ1v) is 11.0. The van der Waals surface area contributed by atoms with Crippen molar-refractivity contribution in [3.63, 3.8) is 0 Å². The normalized spacial score (nSPS) is 18.7. The molecule has 0 spiro atoms. The fraction of sp³-hybridized carbons (Fsp3) is 0.722. The number of nitrogens with zero attached hydrogens (tertiary/aromatic N) is 4. The molecule has 0 saturated carbocycles. The fourth-order valence-corrected chi connectivity index (χ4v) is 4.36. The van der Waals surface area contributed by atoms with Crippen LogP contribution in [0.3, 0.4) is 0 Å². The number of nitrogens with one attached hydrogen (secondary N) is 1. The molecule has 3 heterocycles. The summed E-state index contributed by atoms with van der Waals surface area (Å²) in [7, 11) is 0. The molecular weight excluding hydrogens is 370 g/mol. The molecule has 0 aromatic carbocycles. The Morgan fingerprint density at radius 2 is 1.77 bits per heavy atom. The Bertz CT molecular complexity index is 591. The van der Waals surface area contributed by atoms with Crippen LogP contribution in [-0.4, -0.2) is 65.8 Å². The number of halogens is 1. The van der Waals surface area contributed by atoms with Crippen LogP contribution in [0.15, 0.2) is 11.2 Å². The third-order valence-electron chi connectivity index (χ3n) is 4.87. The average Bonchev–Trinajstić information content (AvgIpc) is 2.67. The van der Waals surface area contributed by atoms with Gasteiger partial charge in [-0.05, 0) is 45.2 Å². The topological polar surface area (TPSA) is 61.4 Å². The quantitative estimate of drug-likeness (QED) is 0.433. The first kappa shape index (κ1) is 19.7. The van der Waals surface area contributed by atoms with Crippen LogP contribution in [0.1, 0.15) is 38.5 Å². The Balaban J connectivity index is 1.43. The zero-order valence-corrected chi connectivity index (χ0v) is 16.8. The summed E-state index contributed by atoms with van der Waals surface area (Å²) in [6.45, 7) is 5.96. The number of piperidine rings is 2. The zero-order chi connectivity index (χ0) is 18.2. The van der Waals surface area contributed by atoms with Crippen LogP contribution in [0, 0.1) is 0 Å². The molecule has 3 rings (SSSR count). The summed E-state index contributed by atoms with van der Waals surface area (Å²) in [6.07, 6.45) is 7.52. The van der Waals surface area contributed by atoms with Crippen molar-refractivity contribution in [1.82, 2.24) is 20.2 Å². The number of amides is 1. The first-order chi connectivity index (χ1) is 12.7. The number of carbonyl (C=O) groups excluding carboxylic acids is 1. The van der Waals surface area contributed by atoms with Gasteiger partial charge in [-0.2, -0.15) is 0 Å². The molecular formula is C18H28ClN5OS. The highest BCUT2D eigenvalue weighted by atomic mass is 35.5. The Hall–Kier alpha value is -1.05. The largest absolute Gasteiger partial charge is 0.356 e. The van der Waals surface area contributed by atoms with Crippen LogP contribution in [0.5, 0.6) is 0 Å². The van der Waals surface area contributed by atoms with E-state index in [1.165, 1.54) is 50.3 Å². The second-order valence-corrected chi connectivity index (χ2v) is 8.25. The molecule has 0 radical (unpaired) electrons. The van der Waals surface area contributed by atoms with Crippen LogP contribution in [0.4, 0.5) is 5.82 Å². The molecule has 1 aromatic heterocycles. The van der Waals surface area contributed by atoms with Crippen molar-refractivity contribution in [3.05, 3.63) is 11.2 Å². The van der Waals surface area contributed by atoms with Crippen LogP contribution in [0.2, 0.25) is 5.15 Å². The van der Waals surface area contributed by atoms with Crippen molar-refractivity contribution in [1.29, 1.82) is 0 Å². The molecule has 2 saturated heterocycles. The third kappa shape index (κ3) is 6.28. The highest BCUT2D eigenvalue weighted by Gasteiger charge is 2.15. The number of aromatic nitrogens is 2. The van der Waals surface area contributed by atoms with Crippen molar-refractivity contribution in [2.45, 2.75) is 43.7 Å². The van der Waals surface area contributed by atoms with E-state index >= 15 is 0 Å². The van der Waals surface area contributed by atoms with Gasteiger partial charge in [0.15, 0.2) is 5.16 Å². The Kier molecular flexibility index (Phi) is 7.83. The van der Waals surface area contributed by atoms with Crippen molar-refractivity contribution in [2.75, 3.05) is 49.9 Å². The van der Waals surface area contributed by atoms with E-state index in [-0.39, 0.29) is 5.91 Å². The highest BCUT2D eigenvalue weighted by Crippen LogP contribution is 2.24. The minimum Gasteiger partial charge on any atom is -0.356 e. The number of carbonyl (C=O) groups is 1. The molecule has 1 aromatic rings. The molecule has 1 N–H and O–H groups in total. The van der Waals surface area contributed by atoms with E-state index in [2.05, 4.69) is 25.1 Å². The van der Waals surface area contributed by atoms with Crippen LogP contribution in [-0.2, 0) is 4.79 Å². The molecule has 6 nitrogen and oxygen atoms in total. The predicted molar refractivity (Wildman–Crippen MR) is 107 cm³/mol. The minimum absolute atomic E-state index is 0.0232. The molecule has 2 aliphatic rings. The lowest BCUT2D eigenvalue weighted by atomic mass is 10.1. The molecule has 1 amide bonds. The van der Waals surface area contributed by atoms with E-state index in [4.69, 9.17) is 11.6 Å². The Morgan fingerprint density at radius 3 is 2.50 bits per heavy atom. The number of rotatable bonds is 7. The molecule has 0 unspecified atom stereocenters. The lowest BCUT2D eigenvalue weighted by Crippen LogP contribution is -2.38. The van der Waals surface area contributed by atoms with E-state index in [1.54, 1.807) is 0 Å². The summed E-state index contributed by atoms with van der Waals surface area (Å²) >= 11 is 7.50. The lowest BCUT2D eigenvalue weighted by molar-refractivity contribution is -0.118. The average molecular weight is 398 g/mol. The van der Waals surface area contributed by atoms with Crippen molar-refractivity contribution in [3.8, 4) is 0 Å². The maximum absolute atomic E-state index is 12.1. The number of anilines is 1. The second-order valence-electron chi connectivity index (χ2n) is 6.92. The van der Waals surface area contributed by atoms with Gasteiger partial charge in [-0.1, -0.05) is 29.8 Å². The summed E-state index contributed by atoms with van der Waals surface area (Å²) in [4.78, 5) is 25.6. The zero-order valence-electron chi connectivity index (χ0n) is 15.3. The standard InChI is InChI=1S/C18H28ClN5OS/c19-15-13-16(24-10-5-2-6-11-24)22-18(21-15)26-14-17(25)20-7-12-23-8-3-1-4-9-23/h13H,1-12,14H2,(H,20,25). The van der Waals surface area contributed by atoms with Gasteiger partial charge in [0.1, 0.15) is 11.0 Å². The highest BCUT2D eigenvalue weighted by molar-refractivity contribution is 7.99. The maximum atomic E-state index is 12.1. The van der Waals surface area contributed by atoms with Gasteiger partial charge in [-0.25, -0.2) is 9.97 Å². The Labute approximate surface area is 165 Å². The second kappa shape index (κ2) is 10.3. The number of hydrogen-bond acceptors (Lipinski definition) is 6. The van der Waals surface area contributed by atoms with Crippen LogP contribution in [0.25, 0.3) is 0 Å². The van der Waals surface area contributed by atoms with Crippen LogP contribution < -0.4 is 10.2 Å². The van der Waals surface area contributed by atoms with E-state index in [1.807, 2.05) is 6.07 Å². The molecule has 0 bridgehead atoms. The van der Waals surface area contributed by atoms with Crippen molar-refractivity contribution < 1.29 is 4.79 Å². The van der Waals surface area contributed by atoms with Crippen molar-refractivity contribution >= 4 is 35.1 Å². The smallest absolute Gasteiger partial charge is 0.230 e. The van der Waals surface area contributed by atoms with E-state index < -0.39 is 0 Å². The first-order valence-electron chi connectivity index (χ1n) is 9.62. The molecule has 8 heteroatoms. The minimum atomic E-state index is 0.0232. The van der Waals surface area contributed by atoms with Gasteiger partial charge < -0.3 is 15.1 Å². The summed E-state index contributed by atoms with van der Waals surface area (Å²) in [6, 6.07) is 1.82. The molecule has 0 atom stereocenters. The van der Waals surface area contributed by atoms with Gasteiger partial charge in [-0.15, -0.1) is 0 Å². The SMILES string of the molecule is O=C(CSc1nc(Cl)cc(N2CCCCC2)n1)NCCN1CCCCC1. The van der Waals surface area contributed by atoms with E-state index in [0.29, 0.717) is 22.6 Å². The molecule has 26 heavy (non-hydrogen) atoms. The molecule has 144 valence electrons. The molecule has 2 fully saturated rings.